The molecule has 0 aliphatic heterocycles. The third-order valence-corrected chi connectivity index (χ3v) is 3.83. The third kappa shape index (κ3) is 3.78. The molecule has 2 heterocycles. The minimum absolute atomic E-state index is 0.0973. The predicted molar refractivity (Wildman–Crippen MR) is 94.3 cm³/mol. The molecular formula is C19H18N4O2. The van der Waals surface area contributed by atoms with Crippen LogP contribution in [0.3, 0.4) is 0 Å². The van der Waals surface area contributed by atoms with Crippen LogP contribution in [-0.4, -0.2) is 21.1 Å². The first kappa shape index (κ1) is 16.5. The molecule has 0 amide bonds. The fourth-order valence-electron chi connectivity index (χ4n) is 2.68. The second kappa shape index (κ2) is 7.49. The molecule has 0 radical (unpaired) electrons. The maximum absolute atomic E-state index is 12.0. The maximum atomic E-state index is 12.0. The molecule has 126 valence electrons. The number of nitriles is 1. The van der Waals surface area contributed by atoms with Crippen molar-refractivity contribution in [3.05, 3.63) is 70.7 Å². The lowest BCUT2D eigenvalue weighted by molar-refractivity contribution is 0.303. The molecule has 0 saturated carbocycles. The van der Waals surface area contributed by atoms with Gasteiger partial charge in [0, 0.05) is 35.8 Å². The summed E-state index contributed by atoms with van der Waals surface area (Å²) in [5, 5.41) is 9.34. The summed E-state index contributed by atoms with van der Waals surface area (Å²) < 4.78 is 7.90. The summed E-state index contributed by atoms with van der Waals surface area (Å²) in [4.78, 5) is 18.7. The van der Waals surface area contributed by atoms with Crippen molar-refractivity contribution in [3.8, 4) is 22.9 Å². The van der Waals surface area contributed by atoms with E-state index in [2.05, 4.69) is 9.97 Å². The van der Waals surface area contributed by atoms with Gasteiger partial charge in [-0.15, -0.1) is 0 Å². The van der Waals surface area contributed by atoms with Crippen molar-refractivity contribution >= 4 is 0 Å². The molecule has 3 rings (SSSR count). The topological polar surface area (TPSA) is 83.7 Å². The molecular weight excluding hydrogens is 316 g/mol. The van der Waals surface area contributed by atoms with Crippen molar-refractivity contribution < 1.29 is 4.74 Å². The van der Waals surface area contributed by atoms with Gasteiger partial charge in [0.1, 0.15) is 17.4 Å². The van der Waals surface area contributed by atoms with Gasteiger partial charge in [-0.25, -0.2) is 4.98 Å². The van der Waals surface area contributed by atoms with E-state index in [0.29, 0.717) is 23.6 Å². The zero-order valence-electron chi connectivity index (χ0n) is 13.9. The average Bonchev–Trinajstić information content (AvgIpc) is 3.12. The van der Waals surface area contributed by atoms with Gasteiger partial charge in [0.25, 0.3) is 5.56 Å². The second-order valence-corrected chi connectivity index (χ2v) is 5.68. The summed E-state index contributed by atoms with van der Waals surface area (Å²) in [5.41, 5.74) is 1.76. The predicted octanol–water partition coefficient (Wildman–Crippen LogP) is 2.89. The van der Waals surface area contributed by atoms with E-state index in [4.69, 9.17) is 4.74 Å². The lowest BCUT2D eigenvalue weighted by atomic mass is 10.00. The molecule has 2 aromatic heterocycles. The van der Waals surface area contributed by atoms with E-state index >= 15 is 0 Å². The van der Waals surface area contributed by atoms with Crippen LogP contribution in [0.15, 0.2) is 53.8 Å². The van der Waals surface area contributed by atoms with Crippen LogP contribution >= 0.6 is 0 Å². The molecule has 6 nitrogen and oxygen atoms in total. The number of imidazole rings is 1. The highest BCUT2D eigenvalue weighted by atomic mass is 16.5. The van der Waals surface area contributed by atoms with Crippen LogP contribution in [0.2, 0.25) is 0 Å². The number of hydrogen-bond acceptors (Lipinski definition) is 4. The molecule has 3 aromatic rings. The molecule has 0 aliphatic rings. The molecule has 0 unspecified atom stereocenters. The Bertz CT molecular complexity index is 952. The first-order valence-electron chi connectivity index (χ1n) is 8.01. The Morgan fingerprint density at radius 3 is 2.92 bits per heavy atom. The van der Waals surface area contributed by atoms with Crippen LogP contribution < -0.4 is 10.3 Å². The standard InChI is InChI=1S/C19H18N4O2/c1-14-11-16(17(12-20)19(24)22-14)15-5-2-3-6-18(15)25-10-4-8-23-9-7-21-13-23/h2-3,5-7,9,11,13H,4,8,10H2,1H3,(H,22,24). The number of nitrogens with zero attached hydrogens (tertiary/aromatic N) is 3. The summed E-state index contributed by atoms with van der Waals surface area (Å²) in [6, 6.07) is 11.2. The largest absolute Gasteiger partial charge is 0.493 e. The van der Waals surface area contributed by atoms with Gasteiger partial charge < -0.3 is 14.3 Å². The molecule has 1 N–H and O–H groups in total. The quantitative estimate of drug-likeness (QED) is 0.703. The van der Waals surface area contributed by atoms with Gasteiger partial charge >= 0.3 is 0 Å². The van der Waals surface area contributed by atoms with Crippen molar-refractivity contribution in [2.45, 2.75) is 19.9 Å². The van der Waals surface area contributed by atoms with Gasteiger partial charge in [0.05, 0.1) is 12.9 Å². The van der Waals surface area contributed by atoms with E-state index in [-0.39, 0.29) is 11.1 Å². The highest BCUT2D eigenvalue weighted by Gasteiger charge is 2.14. The van der Waals surface area contributed by atoms with Gasteiger partial charge in [-0.2, -0.15) is 5.26 Å². The molecule has 0 atom stereocenters. The van der Waals surface area contributed by atoms with Crippen molar-refractivity contribution in [2.75, 3.05) is 6.61 Å². The van der Waals surface area contributed by atoms with E-state index < -0.39 is 0 Å². The van der Waals surface area contributed by atoms with Crippen molar-refractivity contribution in [1.82, 2.24) is 14.5 Å². The molecule has 0 saturated heterocycles. The fraction of sp³-hybridized carbons (Fsp3) is 0.211. The van der Waals surface area contributed by atoms with Gasteiger partial charge in [0.15, 0.2) is 0 Å². The minimum atomic E-state index is -0.382. The number of rotatable bonds is 6. The van der Waals surface area contributed by atoms with Gasteiger partial charge in [-0.05, 0) is 25.5 Å². The van der Waals surface area contributed by atoms with Crippen LogP contribution in [0, 0.1) is 18.3 Å². The summed E-state index contributed by atoms with van der Waals surface area (Å²) >= 11 is 0. The molecule has 1 aromatic carbocycles. The number of pyridine rings is 1. The Hall–Kier alpha value is -3.33. The lowest BCUT2D eigenvalue weighted by Gasteiger charge is -2.13. The number of hydrogen-bond donors (Lipinski definition) is 1. The van der Waals surface area contributed by atoms with Crippen molar-refractivity contribution in [3.63, 3.8) is 0 Å². The monoisotopic (exact) mass is 334 g/mol. The smallest absolute Gasteiger partial charge is 0.266 e. The molecule has 6 heteroatoms. The van der Waals surface area contributed by atoms with Crippen LogP contribution in [0.4, 0.5) is 0 Å². The number of ether oxygens (including phenoxy) is 1. The third-order valence-electron chi connectivity index (χ3n) is 3.83. The number of H-pyrrole nitrogens is 1. The van der Waals surface area contributed by atoms with Crippen LogP contribution in [0.25, 0.3) is 11.1 Å². The van der Waals surface area contributed by atoms with Crippen LogP contribution in [0.1, 0.15) is 17.7 Å². The minimum Gasteiger partial charge on any atom is -0.493 e. The first-order chi connectivity index (χ1) is 12.2. The Balaban J connectivity index is 1.82. The zero-order chi connectivity index (χ0) is 17.6. The number of aromatic amines is 1. The number of para-hydroxylation sites is 1. The Morgan fingerprint density at radius 2 is 2.16 bits per heavy atom. The van der Waals surface area contributed by atoms with Crippen LogP contribution in [-0.2, 0) is 6.54 Å². The van der Waals surface area contributed by atoms with Gasteiger partial charge in [-0.3, -0.25) is 4.79 Å². The van der Waals surface area contributed by atoms with Crippen molar-refractivity contribution in [1.29, 1.82) is 5.26 Å². The molecule has 0 fully saturated rings. The molecule has 25 heavy (non-hydrogen) atoms. The van der Waals surface area contributed by atoms with E-state index in [1.807, 2.05) is 41.1 Å². The van der Waals surface area contributed by atoms with E-state index in [1.54, 1.807) is 25.5 Å². The van der Waals surface area contributed by atoms with E-state index in [9.17, 15) is 10.1 Å². The summed E-state index contributed by atoms with van der Waals surface area (Å²) in [6.07, 6.45) is 6.25. The summed E-state index contributed by atoms with van der Waals surface area (Å²) in [6.45, 7) is 3.13. The zero-order valence-corrected chi connectivity index (χ0v) is 13.9. The Morgan fingerprint density at radius 1 is 1.32 bits per heavy atom. The van der Waals surface area contributed by atoms with Gasteiger partial charge in [0.2, 0.25) is 0 Å². The van der Waals surface area contributed by atoms with E-state index in [0.717, 1.165) is 18.5 Å². The SMILES string of the molecule is Cc1cc(-c2ccccc2OCCCn2ccnc2)c(C#N)c(=O)[nH]1. The fourth-order valence-corrected chi connectivity index (χ4v) is 2.68. The number of aryl methyl sites for hydroxylation is 2. The normalized spacial score (nSPS) is 10.4. The average molecular weight is 334 g/mol. The summed E-state index contributed by atoms with van der Waals surface area (Å²) in [7, 11) is 0. The number of aromatic nitrogens is 3. The maximum Gasteiger partial charge on any atom is 0.266 e. The molecule has 0 bridgehead atoms. The lowest BCUT2D eigenvalue weighted by Crippen LogP contribution is -2.13. The molecule has 0 spiro atoms. The molecule has 0 aliphatic carbocycles. The van der Waals surface area contributed by atoms with Gasteiger partial charge in [-0.1, -0.05) is 18.2 Å². The summed E-state index contributed by atoms with van der Waals surface area (Å²) in [5.74, 6) is 0.662. The van der Waals surface area contributed by atoms with E-state index in [1.165, 1.54) is 0 Å². The van der Waals surface area contributed by atoms with Crippen molar-refractivity contribution in [2.24, 2.45) is 0 Å². The Kier molecular flexibility index (Phi) is 4.95. The number of nitrogens with one attached hydrogen (secondary N) is 1. The second-order valence-electron chi connectivity index (χ2n) is 5.68. The Labute approximate surface area is 145 Å². The number of benzene rings is 1. The highest BCUT2D eigenvalue weighted by molar-refractivity contribution is 5.75. The first-order valence-corrected chi connectivity index (χ1v) is 8.01. The highest BCUT2D eigenvalue weighted by Crippen LogP contribution is 2.31. The van der Waals surface area contributed by atoms with Crippen LogP contribution in [0.5, 0.6) is 5.75 Å².